The van der Waals surface area contributed by atoms with Gasteiger partial charge in [-0.15, -0.1) is 0 Å². The SMILES string of the molecule is COCC(C)NC(=O)/C=C/c1cc(Cl)c(OC)c(OC)c1. The van der Waals surface area contributed by atoms with Crippen LogP contribution < -0.4 is 14.8 Å². The van der Waals surface area contributed by atoms with Crippen LogP contribution in [0.3, 0.4) is 0 Å². The highest BCUT2D eigenvalue weighted by Crippen LogP contribution is 2.36. The maximum Gasteiger partial charge on any atom is 0.244 e. The monoisotopic (exact) mass is 313 g/mol. The first-order valence-electron chi connectivity index (χ1n) is 6.40. The minimum Gasteiger partial charge on any atom is -0.493 e. The largest absolute Gasteiger partial charge is 0.493 e. The van der Waals surface area contributed by atoms with Crippen molar-refractivity contribution in [3.05, 3.63) is 28.8 Å². The number of halogens is 1. The zero-order valence-corrected chi connectivity index (χ0v) is 13.4. The Hall–Kier alpha value is -1.72. The molecular weight excluding hydrogens is 294 g/mol. The summed E-state index contributed by atoms with van der Waals surface area (Å²) in [5.41, 5.74) is 0.743. The molecule has 1 unspecified atom stereocenters. The predicted octanol–water partition coefficient (Wildman–Crippen LogP) is 2.52. The van der Waals surface area contributed by atoms with Gasteiger partial charge in [-0.1, -0.05) is 11.6 Å². The second-order valence-electron chi connectivity index (χ2n) is 4.44. The Balaban J connectivity index is 2.81. The summed E-state index contributed by atoms with van der Waals surface area (Å²) >= 11 is 6.10. The van der Waals surface area contributed by atoms with E-state index in [0.717, 1.165) is 5.56 Å². The van der Waals surface area contributed by atoms with Crippen molar-refractivity contribution in [1.29, 1.82) is 0 Å². The smallest absolute Gasteiger partial charge is 0.244 e. The van der Waals surface area contributed by atoms with E-state index in [0.29, 0.717) is 23.1 Å². The molecule has 0 heterocycles. The molecule has 1 N–H and O–H groups in total. The number of ether oxygens (including phenoxy) is 3. The number of carbonyl (C=O) groups is 1. The minimum absolute atomic E-state index is 0.0545. The van der Waals surface area contributed by atoms with Crippen molar-refractivity contribution >= 4 is 23.6 Å². The molecule has 0 aliphatic rings. The van der Waals surface area contributed by atoms with Gasteiger partial charge in [-0.3, -0.25) is 4.79 Å². The third-order valence-electron chi connectivity index (χ3n) is 2.69. The van der Waals surface area contributed by atoms with Crippen LogP contribution in [-0.2, 0) is 9.53 Å². The third kappa shape index (κ3) is 5.28. The molecule has 0 aliphatic heterocycles. The molecule has 116 valence electrons. The van der Waals surface area contributed by atoms with Crippen LogP contribution in [0, 0.1) is 0 Å². The maximum atomic E-state index is 11.7. The summed E-state index contributed by atoms with van der Waals surface area (Å²) < 4.78 is 15.3. The zero-order chi connectivity index (χ0) is 15.8. The molecule has 1 aromatic carbocycles. The van der Waals surface area contributed by atoms with Crippen LogP contribution in [0.4, 0.5) is 0 Å². The first-order chi connectivity index (χ1) is 10.0. The lowest BCUT2D eigenvalue weighted by Gasteiger charge is -2.11. The molecule has 0 saturated carbocycles. The third-order valence-corrected chi connectivity index (χ3v) is 2.97. The predicted molar refractivity (Wildman–Crippen MR) is 83.1 cm³/mol. The molecule has 0 bridgehead atoms. The van der Waals surface area contributed by atoms with E-state index >= 15 is 0 Å². The molecule has 0 spiro atoms. The lowest BCUT2D eigenvalue weighted by molar-refractivity contribution is -0.117. The van der Waals surface area contributed by atoms with Gasteiger partial charge in [-0.25, -0.2) is 0 Å². The summed E-state index contributed by atoms with van der Waals surface area (Å²) in [5, 5.41) is 3.20. The average molecular weight is 314 g/mol. The van der Waals surface area contributed by atoms with Crippen molar-refractivity contribution < 1.29 is 19.0 Å². The lowest BCUT2D eigenvalue weighted by atomic mass is 10.2. The quantitative estimate of drug-likeness (QED) is 0.786. The van der Waals surface area contributed by atoms with E-state index in [9.17, 15) is 4.79 Å². The van der Waals surface area contributed by atoms with E-state index in [1.54, 1.807) is 25.3 Å². The van der Waals surface area contributed by atoms with Crippen LogP contribution in [0.5, 0.6) is 11.5 Å². The number of methoxy groups -OCH3 is 3. The first-order valence-corrected chi connectivity index (χ1v) is 6.78. The van der Waals surface area contributed by atoms with Crippen LogP contribution in [0.25, 0.3) is 6.08 Å². The standard InChI is InChI=1S/C15H20ClNO4/c1-10(9-19-2)17-14(18)6-5-11-7-12(16)15(21-4)13(8-11)20-3/h5-8,10H,9H2,1-4H3,(H,17,18)/b6-5+. The van der Waals surface area contributed by atoms with Crippen molar-refractivity contribution in [3.8, 4) is 11.5 Å². The summed E-state index contributed by atoms with van der Waals surface area (Å²) in [5.74, 6) is 0.776. The number of nitrogens with one attached hydrogen (secondary N) is 1. The Morgan fingerprint density at radius 2 is 2.05 bits per heavy atom. The highest BCUT2D eigenvalue weighted by atomic mass is 35.5. The fraction of sp³-hybridized carbons (Fsp3) is 0.400. The van der Waals surface area contributed by atoms with E-state index in [4.69, 9.17) is 25.8 Å². The highest BCUT2D eigenvalue weighted by Gasteiger charge is 2.10. The van der Waals surface area contributed by atoms with Crippen LogP contribution in [0.1, 0.15) is 12.5 Å². The van der Waals surface area contributed by atoms with Gasteiger partial charge in [0, 0.05) is 19.2 Å². The van der Waals surface area contributed by atoms with Crippen molar-refractivity contribution in [3.63, 3.8) is 0 Å². The molecule has 1 amide bonds. The summed E-state index contributed by atoms with van der Waals surface area (Å²) in [6.07, 6.45) is 3.09. The Kier molecular flexibility index (Phi) is 7.05. The summed E-state index contributed by atoms with van der Waals surface area (Å²) in [7, 11) is 4.63. The van der Waals surface area contributed by atoms with Gasteiger partial charge in [-0.05, 0) is 30.7 Å². The Morgan fingerprint density at radius 3 is 2.62 bits per heavy atom. The van der Waals surface area contributed by atoms with Crippen LogP contribution in [0.15, 0.2) is 18.2 Å². The minimum atomic E-state index is -0.203. The number of hydrogen-bond donors (Lipinski definition) is 1. The average Bonchev–Trinajstić information content (AvgIpc) is 2.44. The zero-order valence-electron chi connectivity index (χ0n) is 12.6. The van der Waals surface area contributed by atoms with Gasteiger partial charge in [0.2, 0.25) is 5.91 Å². The number of carbonyl (C=O) groups excluding carboxylic acids is 1. The van der Waals surface area contributed by atoms with Crippen molar-refractivity contribution in [1.82, 2.24) is 5.32 Å². The van der Waals surface area contributed by atoms with Crippen LogP contribution in [0.2, 0.25) is 5.02 Å². The number of hydrogen-bond acceptors (Lipinski definition) is 4. The molecule has 0 fully saturated rings. The van der Waals surface area contributed by atoms with Gasteiger partial charge >= 0.3 is 0 Å². The van der Waals surface area contributed by atoms with E-state index in [1.165, 1.54) is 20.3 Å². The van der Waals surface area contributed by atoms with Gasteiger partial charge in [0.15, 0.2) is 11.5 Å². The lowest BCUT2D eigenvalue weighted by Crippen LogP contribution is -2.34. The number of amides is 1. The molecule has 0 aliphatic carbocycles. The second kappa shape index (κ2) is 8.54. The van der Waals surface area contributed by atoms with Crippen molar-refractivity contribution in [2.75, 3.05) is 27.9 Å². The van der Waals surface area contributed by atoms with Gasteiger partial charge in [0.05, 0.1) is 25.8 Å². The molecule has 21 heavy (non-hydrogen) atoms. The molecule has 0 aromatic heterocycles. The first kappa shape index (κ1) is 17.3. The topological polar surface area (TPSA) is 56.8 Å². The van der Waals surface area contributed by atoms with E-state index < -0.39 is 0 Å². The van der Waals surface area contributed by atoms with Gasteiger partial charge in [0.25, 0.3) is 0 Å². The summed E-state index contributed by atoms with van der Waals surface area (Å²) in [6, 6.07) is 3.39. The maximum absolute atomic E-state index is 11.7. The molecule has 1 rings (SSSR count). The van der Waals surface area contributed by atoms with E-state index in [-0.39, 0.29) is 11.9 Å². The Bertz CT molecular complexity index is 517. The normalized spacial score (nSPS) is 12.2. The molecular formula is C15H20ClNO4. The number of rotatable bonds is 7. The van der Waals surface area contributed by atoms with Gasteiger partial charge in [-0.2, -0.15) is 0 Å². The molecule has 1 atom stereocenters. The van der Waals surface area contributed by atoms with Crippen LogP contribution >= 0.6 is 11.6 Å². The molecule has 1 aromatic rings. The Morgan fingerprint density at radius 1 is 1.33 bits per heavy atom. The number of benzene rings is 1. The fourth-order valence-corrected chi connectivity index (χ4v) is 2.08. The van der Waals surface area contributed by atoms with Gasteiger partial charge < -0.3 is 19.5 Å². The van der Waals surface area contributed by atoms with E-state index in [2.05, 4.69) is 5.32 Å². The van der Waals surface area contributed by atoms with Crippen molar-refractivity contribution in [2.45, 2.75) is 13.0 Å². The molecule has 0 radical (unpaired) electrons. The van der Waals surface area contributed by atoms with Crippen LogP contribution in [-0.4, -0.2) is 39.9 Å². The van der Waals surface area contributed by atoms with Gasteiger partial charge in [0.1, 0.15) is 0 Å². The van der Waals surface area contributed by atoms with E-state index in [1.807, 2.05) is 6.92 Å². The fourth-order valence-electron chi connectivity index (χ4n) is 1.79. The highest BCUT2D eigenvalue weighted by molar-refractivity contribution is 6.32. The second-order valence-corrected chi connectivity index (χ2v) is 4.84. The summed E-state index contributed by atoms with van der Waals surface area (Å²) in [4.78, 5) is 11.7. The molecule has 6 heteroatoms. The summed E-state index contributed by atoms with van der Waals surface area (Å²) in [6.45, 7) is 2.32. The van der Waals surface area contributed by atoms with Crippen molar-refractivity contribution in [2.24, 2.45) is 0 Å². The molecule has 5 nitrogen and oxygen atoms in total. The Labute approximate surface area is 129 Å². The molecule has 0 saturated heterocycles.